The number of aliphatic carboxylic acids is 1. The summed E-state index contributed by atoms with van der Waals surface area (Å²) in [5.74, 6) is -1.80. The predicted octanol–water partition coefficient (Wildman–Crippen LogP) is 10.0. The Hall–Kier alpha value is -3.49. The summed E-state index contributed by atoms with van der Waals surface area (Å²) < 4.78 is 17.1. The Morgan fingerprint density at radius 3 is 1.64 bits per heavy atom. The SMILES string of the molecule is CC/C=C/C=C/C=C/C=C/CCCCCCCC(=O)OC(COCCC(C(=O)[O-])[N+](C)(C)C)COC(=O)CCCCCCCC/C=C/C/C=C/C/C=C/CC. The number of carboxylic acid groups (broad SMARTS) is 1. The fourth-order valence-corrected chi connectivity index (χ4v) is 5.62. The zero-order chi connectivity index (χ0) is 40.7. The van der Waals surface area contributed by atoms with E-state index in [1.807, 2.05) is 30.4 Å². The van der Waals surface area contributed by atoms with Gasteiger partial charge in [-0.1, -0.05) is 144 Å². The van der Waals surface area contributed by atoms with Gasteiger partial charge in [0.05, 0.1) is 40.3 Å². The van der Waals surface area contributed by atoms with Crippen LogP contribution in [-0.4, -0.2) is 75.5 Å². The smallest absolute Gasteiger partial charge is 0.306 e. The monoisotopic (exact) mass is 768 g/mol. The zero-order valence-corrected chi connectivity index (χ0v) is 35.3. The van der Waals surface area contributed by atoms with Crippen molar-refractivity contribution >= 4 is 17.9 Å². The number of carbonyl (C=O) groups is 3. The van der Waals surface area contributed by atoms with E-state index in [0.29, 0.717) is 6.42 Å². The maximum Gasteiger partial charge on any atom is 0.306 e. The van der Waals surface area contributed by atoms with Crippen LogP contribution in [-0.2, 0) is 28.6 Å². The van der Waals surface area contributed by atoms with Crippen molar-refractivity contribution in [2.75, 3.05) is 41.0 Å². The van der Waals surface area contributed by atoms with E-state index in [1.54, 1.807) is 21.1 Å². The van der Waals surface area contributed by atoms with Crippen molar-refractivity contribution in [2.24, 2.45) is 0 Å². The Kier molecular flexibility index (Phi) is 35.1. The Labute approximate surface area is 335 Å². The summed E-state index contributed by atoms with van der Waals surface area (Å²) in [7, 11) is 5.38. The molecule has 0 bridgehead atoms. The molecule has 0 aliphatic rings. The molecule has 0 amide bonds. The van der Waals surface area contributed by atoms with Crippen LogP contribution in [0.15, 0.2) is 85.1 Å². The minimum atomic E-state index is -1.14. The molecule has 0 aromatic heterocycles. The second-order valence-corrected chi connectivity index (χ2v) is 14.9. The summed E-state index contributed by atoms with van der Waals surface area (Å²) in [6, 6.07) is -0.737. The molecule has 0 fully saturated rings. The molecule has 0 rings (SSSR count). The van der Waals surface area contributed by atoms with Crippen LogP contribution in [0.5, 0.6) is 0 Å². The molecular weight excluding hydrogens is 691 g/mol. The second-order valence-electron chi connectivity index (χ2n) is 14.9. The minimum Gasteiger partial charge on any atom is -0.544 e. The predicted molar refractivity (Wildman–Crippen MR) is 226 cm³/mol. The number of quaternary nitrogens is 1. The first-order valence-electron chi connectivity index (χ1n) is 21.2. The Morgan fingerprint density at radius 2 is 1.05 bits per heavy atom. The number of carboxylic acids is 1. The molecule has 8 heteroatoms. The average molecular weight is 768 g/mol. The summed E-state index contributed by atoms with van der Waals surface area (Å²) >= 11 is 0. The third-order valence-corrected chi connectivity index (χ3v) is 8.87. The highest BCUT2D eigenvalue weighted by atomic mass is 16.6. The van der Waals surface area contributed by atoms with Crippen LogP contribution in [0, 0.1) is 0 Å². The standard InChI is InChI=1S/C47H77NO7/c1-6-8-10-12-14-16-18-20-22-24-25-27-29-31-33-35-37-45(49)54-42-43(41-53-40-39-44(47(51)52)48(3,4)5)55-46(50)38-36-34-32-30-28-26-23-21-19-17-15-13-11-9-7-2/h8-11,13-17,19-23,43-44H,6-7,12,18,24-42H2,1-5H3/b10-8+,11-9+,15-13+,16-14+,19-17+,22-20+,23-21+. The van der Waals surface area contributed by atoms with Crippen molar-refractivity contribution in [2.45, 2.75) is 154 Å². The third kappa shape index (κ3) is 35.9. The summed E-state index contributed by atoms with van der Waals surface area (Å²) in [4.78, 5) is 36.8. The maximum absolute atomic E-state index is 12.7. The number of esters is 2. The lowest BCUT2D eigenvalue weighted by atomic mass is 10.1. The molecule has 0 aromatic carbocycles. The number of ether oxygens (including phenoxy) is 3. The van der Waals surface area contributed by atoms with E-state index >= 15 is 0 Å². The van der Waals surface area contributed by atoms with Gasteiger partial charge in [0, 0.05) is 19.3 Å². The molecule has 2 unspecified atom stereocenters. The van der Waals surface area contributed by atoms with E-state index < -0.39 is 18.1 Å². The van der Waals surface area contributed by atoms with Gasteiger partial charge in [-0.05, 0) is 64.2 Å². The second kappa shape index (κ2) is 37.4. The molecule has 312 valence electrons. The molecule has 0 saturated heterocycles. The highest BCUT2D eigenvalue weighted by molar-refractivity contribution is 5.70. The van der Waals surface area contributed by atoms with Crippen molar-refractivity contribution in [1.82, 2.24) is 0 Å². The highest BCUT2D eigenvalue weighted by Gasteiger charge is 2.25. The molecule has 2 atom stereocenters. The first kappa shape index (κ1) is 51.5. The first-order chi connectivity index (χ1) is 26.6. The van der Waals surface area contributed by atoms with Gasteiger partial charge in [-0.3, -0.25) is 9.59 Å². The number of rotatable bonds is 36. The van der Waals surface area contributed by atoms with Crippen LogP contribution in [0.3, 0.4) is 0 Å². The lowest BCUT2D eigenvalue weighted by Gasteiger charge is -2.34. The Morgan fingerprint density at radius 1 is 0.564 bits per heavy atom. The minimum absolute atomic E-state index is 0.0212. The molecule has 0 N–H and O–H groups in total. The maximum atomic E-state index is 12.7. The van der Waals surface area contributed by atoms with Crippen LogP contribution >= 0.6 is 0 Å². The molecule has 0 heterocycles. The van der Waals surface area contributed by atoms with Gasteiger partial charge in [-0.15, -0.1) is 0 Å². The summed E-state index contributed by atoms with van der Waals surface area (Å²) in [6.07, 6.45) is 47.4. The van der Waals surface area contributed by atoms with E-state index in [1.165, 1.54) is 12.8 Å². The largest absolute Gasteiger partial charge is 0.544 e. The summed E-state index contributed by atoms with van der Waals surface area (Å²) in [5, 5.41) is 11.6. The first-order valence-corrected chi connectivity index (χ1v) is 21.2. The topological polar surface area (TPSA) is 102 Å². The number of carbonyl (C=O) groups excluding carboxylic acids is 3. The molecule has 0 aliphatic carbocycles. The number of unbranched alkanes of at least 4 members (excludes halogenated alkanes) is 11. The van der Waals surface area contributed by atoms with Gasteiger partial charge in [0.15, 0.2) is 6.10 Å². The van der Waals surface area contributed by atoms with E-state index in [0.717, 1.165) is 96.3 Å². The highest BCUT2D eigenvalue weighted by Crippen LogP contribution is 2.13. The number of hydrogen-bond donors (Lipinski definition) is 0. The van der Waals surface area contributed by atoms with Crippen molar-refractivity contribution < 1.29 is 38.2 Å². The van der Waals surface area contributed by atoms with Crippen molar-refractivity contribution in [1.29, 1.82) is 0 Å². The van der Waals surface area contributed by atoms with Gasteiger partial charge in [-0.2, -0.15) is 0 Å². The summed E-state index contributed by atoms with van der Waals surface area (Å²) in [6.45, 7) is 4.35. The van der Waals surface area contributed by atoms with Gasteiger partial charge in [0.1, 0.15) is 12.6 Å². The average Bonchev–Trinajstić information content (AvgIpc) is 3.14. The fourth-order valence-electron chi connectivity index (χ4n) is 5.62. The van der Waals surface area contributed by atoms with Gasteiger partial charge in [0.2, 0.25) is 0 Å². The number of hydrogen-bond acceptors (Lipinski definition) is 7. The lowest BCUT2D eigenvalue weighted by molar-refractivity contribution is -0.889. The van der Waals surface area contributed by atoms with Gasteiger partial charge in [0.25, 0.3) is 0 Å². The number of nitrogens with zero attached hydrogens (tertiary/aromatic N) is 1. The molecule has 0 spiro atoms. The van der Waals surface area contributed by atoms with Crippen LogP contribution in [0.2, 0.25) is 0 Å². The van der Waals surface area contributed by atoms with Gasteiger partial charge >= 0.3 is 11.9 Å². The van der Waals surface area contributed by atoms with E-state index in [4.69, 9.17) is 14.2 Å². The van der Waals surface area contributed by atoms with Crippen molar-refractivity contribution in [3.63, 3.8) is 0 Å². The van der Waals surface area contributed by atoms with Crippen LogP contribution in [0.1, 0.15) is 142 Å². The van der Waals surface area contributed by atoms with Crippen LogP contribution in [0.25, 0.3) is 0 Å². The van der Waals surface area contributed by atoms with Crippen LogP contribution in [0.4, 0.5) is 0 Å². The quantitative estimate of drug-likeness (QED) is 0.0206. The Bertz CT molecular complexity index is 1170. The summed E-state index contributed by atoms with van der Waals surface area (Å²) in [5.41, 5.74) is 0. The van der Waals surface area contributed by atoms with Crippen LogP contribution < -0.4 is 5.11 Å². The zero-order valence-electron chi connectivity index (χ0n) is 35.3. The normalized spacial score (nSPS) is 13.8. The molecule has 55 heavy (non-hydrogen) atoms. The lowest BCUT2D eigenvalue weighted by Crippen LogP contribution is -2.55. The molecule has 8 nitrogen and oxygen atoms in total. The fraction of sp³-hybridized carbons (Fsp3) is 0.638. The van der Waals surface area contributed by atoms with E-state index in [2.05, 4.69) is 68.5 Å². The molecule has 0 saturated carbocycles. The van der Waals surface area contributed by atoms with E-state index in [9.17, 15) is 19.5 Å². The third-order valence-electron chi connectivity index (χ3n) is 8.87. The molecule has 0 radical (unpaired) electrons. The molecule has 0 aromatic rings. The Balaban J connectivity index is 4.45. The number of allylic oxidation sites excluding steroid dienone is 14. The van der Waals surface area contributed by atoms with Gasteiger partial charge in [-0.25, -0.2) is 0 Å². The van der Waals surface area contributed by atoms with Gasteiger partial charge < -0.3 is 28.6 Å². The number of likely N-dealkylation sites (N-methyl/N-ethyl adjacent to an activating group) is 1. The van der Waals surface area contributed by atoms with Crippen molar-refractivity contribution in [3.05, 3.63) is 85.1 Å². The molecular formula is C47H77NO7. The van der Waals surface area contributed by atoms with Crippen molar-refractivity contribution in [3.8, 4) is 0 Å². The van der Waals surface area contributed by atoms with E-state index in [-0.39, 0.29) is 49.1 Å². The molecule has 0 aliphatic heterocycles.